The molecule has 0 aliphatic heterocycles. The zero-order valence-corrected chi connectivity index (χ0v) is 14.8. The average molecular weight is 388 g/mol. The summed E-state index contributed by atoms with van der Waals surface area (Å²) in [7, 11) is 0. The molecule has 2 rings (SSSR count). The molecule has 2 heterocycles. The lowest BCUT2D eigenvalue weighted by atomic mass is 10.1. The van der Waals surface area contributed by atoms with Gasteiger partial charge in [-0.25, -0.2) is 9.97 Å². The van der Waals surface area contributed by atoms with Crippen molar-refractivity contribution < 1.29 is 27.4 Å². The number of nitrogens with two attached hydrogens (primary N) is 1. The van der Waals surface area contributed by atoms with Gasteiger partial charge < -0.3 is 20.1 Å². The van der Waals surface area contributed by atoms with Gasteiger partial charge in [0.05, 0.1) is 12.4 Å². The van der Waals surface area contributed by atoms with Crippen molar-refractivity contribution in [2.45, 2.75) is 32.7 Å². The Hall–Kier alpha value is -2.62. The lowest BCUT2D eigenvalue weighted by Crippen LogP contribution is -2.18. The summed E-state index contributed by atoms with van der Waals surface area (Å²) in [5.41, 5.74) is 6.18. The molecule has 1 atom stereocenters. The van der Waals surface area contributed by atoms with Crippen LogP contribution in [0.5, 0.6) is 5.75 Å². The van der Waals surface area contributed by atoms with Crippen molar-refractivity contribution in [2.75, 3.05) is 12.4 Å². The van der Waals surface area contributed by atoms with Crippen molar-refractivity contribution >= 4 is 11.5 Å². The van der Waals surface area contributed by atoms with E-state index in [1.807, 2.05) is 0 Å². The Balaban J connectivity index is 2.51. The quantitative estimate of drug-likeness (QED) is 0.702. The van der Waals surface area contributed by atoms with Crippen LogP contribution in [0.3, 0.4) is 0 Å². The maximum Gasteiger partial charge on any atom is 0.573 e. The summed E-state index contributed by atoms with van der Waals surface area (Å²) < 4.78 is 55.5. The number of aliphatic hydroxyl groups excluding tert-OH is 1. The molecule has 0 saturated carbocycles. The van der Waals surface area contributed by atoms with Crippen molar-refractivity contribution in [1.29, 1.82) is 0 Å². The second-order valence-electron chi connectivity index (χ2n) is 6.20. The summed E-state index contributed by atoms with van der Waals surface area (Å²) in [6, 6.07) is 1.05. The third kappa shape index (κ3) is 4.97. The zero-order valence-electron chi connectivity index (χ0n) is 14.8. The van der Waals surface area contributed by atoms with Crippen LogP contribution in [0.15, 0.2) is 25.0 Å². The number of hydrogen-bond donors (Lipinski definition) is 2. The molecule has 0 unspecified atom stereocenters. The highest BCUT2D eigenvalue weighted by atomic mass is 19.4. The maximum atomic E-state index is 12.7. The number of rotatable bonds is 7. The molecule has 2 aromatic rings. The summed E-state index contributed by atoms with van der Waals surface area (Å²) in [5.74, 6) is -1.10. The molecular weight excluding hydrogens is 368 g/mol. The Morgan fingerprint density at radius 2 is 2.07 bits per heavy atom. The first-order valence-electron chi connectivity index (χ1n) is 8.06. The summed E-state index contributed by atoms with van der Waals surface area (Å²) in [6.45, 7) is 6.64. The molecular formula is C17H20F4N4O2. The van der Waals surface area contributed by atoms with Gasteiger partial charge in [-0.1, -0.05) is 20.4 Å². The summed E-state index contributed by atoms with van der Waals surface area (Å²) in [5, 5.41) is 10.4. The van der Waals surface area contributed by atoms with Crippen LogP contribution in [0.25, 0.3) is 17.0 Å². The van der Waals surface area contributed by atoms with Gasteiger partial charge in [-0.2, -0.15) is 0 Å². The van der Waals surface area contributed by atoms with E-state index in [1.54, 1.807) is 13.8 Å². The lowest BCUT2D eigenvalue weighted by Gasteiger charge is -2.16. The molecule has 0 aliphatic rings. The second-order valence-corrected chi connectivity index (χ2v) is 6.20. The lowest BCUT2D eigenvalue weighted by molar-refractivity contribution is -0.274. The molecule has 0 aliphatic carbocycles. The number of ether oxygens (including phenoxy) is 1. The normalized spacial score (nSPS) is 13.0. The van der Waals surface area contributed by atoms with Gasteiger partial charge in [0.2, 0.25) is 0 Å². The van der Waals surface area contributed by atoms with Crippen molar-refractivity contribution in [3.63, 3.8) is 0 Å². The first-order chi connectivity index (χ1) is 12.5. The Kier molecular flexibility index (Phi) is 6.09. The molecule has 6 nitrogen and oxygen atoms in total. The van der Waals surface area contributed by atoms with Crippen molar-refractivity contribution in [3.8, 4) is 17.0 Å². The highest BCUT2D eigenvalue weighted by molar-refractivity contribution is 5.65. The molecule has 27 heavy (non-hydrogen) atoms. The summed E-state index contributed by atoms with van der Waals surface area (Å²) >= 11 is 0. The number of anilines is 1. The smallest absolute Gasteiger partial charge is 0.402 e. The second kappa shape index (κ2) is 7.95. The van der Waals surface area contributed by atoms with Crippen LogP contribution in [-0.2, 0) is 0 Å². The average Bonchev–Trinajstić information content (AvgIpc) is 3.00. The molecule has 0 saturated heterocycles. The number of halogens is 4. The van der Waals surface area contributed by atoms with E-state index in [0.717, 1.165) is 6.07 Å². The summed E-state index contributed by atoms with van der Waals surface area (Å²) in [6.07, 6.45) is -3.22. The minimum atomic E-state index is -4.93. The molecule has 0 spiro atoms. The van der Waals surface area contributed by atoms with E-state index in [-0.39, 0.29) is 29.4 Å². The van der Waals surface area contributed by atoms with E-state index in [1.165, 1.54) is 17.0 Å². The number of aromatic nitrogens is 3. The third-order valence-electron chi connectivity index (χ3n) is 3.76. The van der Waals surface area contributed by atoms with Gasteiger partial charge in [0.25, 0.3) is 0 Å². The number of alkyl halides is 4. The largest absolute Gasteiger partial charge is 0.573 e. The fraction of sp³-hybridized carbons (Fsp3) is 0.412. The molecule has 0 aromatic carbocycles. The van der Waals surface area contributed by atoms with Gasteiger partial charge in [0.1, 0.15) is 11.9 Å². The Morgan fingerprint density at radius 1 is 1.41 bits per heavy atom. The van der Waals surface area contributed by atoms with Crippen LogP contribution < -0.4 is 10.5 Å². The fourth-order valence-electron chi connectivity index (χ4n) is 2.32. The highest BCUT2D eigenvalue weighted by Crippen LogP contribution is 2.33. The zero-order chi connectivity index (χ0) is 20.4. The molecule has 148 valence electrons. The molecule has 3 N–H and O–H groups in total. The van der Waals surface area contributed by atoms with E-state index in [9.17, 15) is 22.7 Å². The minimum absolute atomic E-state index is 0.00996. The van der Waals surface area contributed by atoms with Crippen molar-refractivity contribution in [1.82, 2.24) is 14.5 Å². The third-order valence-corrected chi connectivity index (χ3v) is 3.76. The number of nitrogens with zero attached hydrogens (tertiary/aromatic N) is 3. The van der Waals surface area contributed by atoms with E-state index in [2.05, 4.69) is 21.3 Å². The number of nitrogen functional groups attached to an aromatic ring is 1. The molecule has 2 aromatic heterocycles. The van der Waals surface area contributed by atoms with Crippen molar-refractivity contribution in [3.05, 3.63) is 30.9 Å². The molecule has 0 radical (unpaired) electrons. The Morgan fingerprint density at radius 3 is 2.63 bits per heavy atom. The van der Waals surface area contributed by atoms with Crippen LogP contribution >= 0.6 is 0 Å². The fourth-order valence-corrected chi connectivity index (χ4v) is 2.32. The standard InChI is InChI=1S/C17H20F4N4O2/c1-9(2)14(26)16-24-12(8-25(16)10(3)4-5-18)11-6-13(15(22)23-7-11)27-17(19,20)21/h6-9,14,26H,3-5H2,1-2H3,(H2,22,23)/t14-/m0/s1. The van der Waals surface area contributed by atoms with Gasteiger partial charge in [0, 0.05) is 30.1 Å². The van der Waals surface area contributed by atoms with Gasteiger partial charge in [-0.3, -0.25) is 4.39 Å². The van der Waals surface area contributed by atoms with Crippen LogP contribution in [-0.4, -0.2) is 32.7 Å². The number of aliphatic hydroxyl groups is 1. The molecule has 0 amide bonds. The van der Waals surface area contributed by atoms with Crippen LogP contribution in [0.4, 0.5) is 23.4 Å². The number of imidazole rings is 1. The van der Waals surface area contributed by atoms with E-state index in [4.69, 9.17) is 5.73 Å². The predicted molar refractivity (Wildman–Crippen MR) is 92.3 cm³/mol. The van der Waals surface area contributed by atoms with E-state index in [0.29, 0.717) is 5.70 Å². The number of hydrogen-bond acceptors (Lipinski definition) is 5. The Bertz CT molecular complexity index is 818. The predicted octanol–water partition coefficient (Wildman–Crippen LogP) is 3.95. The topological polar surface area (TPSA) is 86.2 Å². The van der Waals surface area contributed by atoms with Gasteiger partial charge in [0.15, 0.2) is 11.6 Å². The number of allylic oxidation sites excluding steroid dienone is 1. The van der Waals surface area contributed by atoms with Gasteiger partial charge in [-0.15, -0.1) is 13.2 Å². The van der Waals surface area contributed by atoms with E-state index < -0.39 is 30.7 Å². The van der Waals surface area contributed by atoms with Crippen LogP contribution in [0.1, 0.15) is 32.2 Å². The monoisotopic (exact) mass is 388 g/mol. The molecule has 0 bridgehead atoms. The first kappa shape index (κ1) is 20.7. The molecule has 10 heteroatoms. The van der Waals surface area contributed by atoms with E-state index >= 15 is 0 Å². The van der Waals surface area contributed by atoms with Gasteiger partial charge in [-0.05, 0) is 12.0 Å². The molecule has 0 fully saturated rings. The van der Waals surface area contributed by atoms with Crippen LogP contribution in [0.2, 0.25) is 0 Å². The number of pyridine rings is 1. The first-order valence-corrected chi connectivity index (χ1v) is 8.06. The minimum Gasteiger partial charge on any atom is -0.402 e. The summed E-state index contributed by atoms with van der Waals surface area (Å²) in [4.78, 5) is 7.98. The maximum absolute atomic E-state index is 12.7. The highest BCUT2D eigenvalue weighted by Gasteiger charge is 2.32. The van der Waals surface area contributed by atoms with Crippen molar-refractivity contribution in [2.24, 2.45) is 5.92 Å². The van der Waals surface area contributed by atoms with Gasteiger partial charge >= 0.3 is 6.36 Å². The Labute approximate surface area is 153 Å². The SMILES string of the molecule is C=C(CCF)n1cc(-c2cnc(N)c(OC(F)(F)F)c2)nc1[C@@H](O)C(C)C. The van der Waals surface area contributed by atoms with Crippen LogP contribution in [0, 0.1) is 5.92 Å².